The largest absolute Gasteiger partial charge is 0.437 e. The van der Waals surface area contributed by atoms with Crippen molar-refractivity contribution in [3.05, 3.63) is 0 Å². The van der Waals surface area contributed by atoms with Crippen LogP contribution in [0, 0.1) is 0 Å². The summed E-state index contributed by atoms with van der Waals surface area (Å²) in [7, 11) is -8.78. The molecule has 0 aromatic rings. The van der Waals surface area contributed by atoms with E-state index in [1.807, 2.05) is 0 Å². The van der Waals surface area contributed by atoms with Crippen LogP contribution in [-0.4, -0.2) is 52.3 Å². The van der Waals surface area contributed by atoms with Crippen LogP contribution in [0.5, 0.6) is 0 Å². The number of aliphatic hydroxyl groups excluding tert-OH is 1. The topological polar surface area (TPSA) is 57.2 Å². The maximum absolute atomic E-state index is 9.16. The van der Waals surface area contributed by atoms with Crippen molar-refractivity contribution < 1.29 is 21.9 Å². The van der Waals surface area contributed by atoms with E-state index < -0.39 is 34.0 Å². The molecule has 1 unspecified atom stereocenters. The smallest absolute Gasteiger partial charge is 0.323 e. The zero-order chi connectivity index (χ0) is 24.0. The Morgan fingerprint density at radius 1 is 0.581 bits per heavy atom. The highest BCUT2D eigenvalue weighted by atomic mass is 28.5. The van der Waals surface area contributed by atoms with Gasteiger partial charge in [-0.3, -0.25) is 0 Å². The normalized spacial score (nSPS) is 15.3. The molecule has 1 N–H and O–H groups in total. The Morgan fingerprint density at radius 2 is 1.03 bits per heavy atom. The van der Waals surface area contributed by atoms with Crippen LogP contribution < -0.4 is 0 Å². The van der Waals surface area contributed by atoms with E-state index in [4.69, 9.17) is 21.9 Å². The summed E-state index contributed by atoms with van der Waals surface area (Å²) < 4.78 is 25.8. The van der Waals surface area contributed by atoms with Crippen LogP contribution in [0.15, 0.2) is 0 Å². The van der Waals surface area contributed by atoms with Crippen molar-refractivity contribution in [3.8, 4) is 0 Å². The van der Waals surface area contributed by atoms with Gasteiger partial charge in [-0.1, -0.05) is 71.1 Å². The quantitative estimate of drug-likeness (QED) is 0.138. The van der Waals surface area contributed by atoms with Crippen molar-refractivity contribution in [1.29, 1.82) is 0 Å². The monoisotopic (exact) mass is 510 g/mol. The molecule has 31 heavy (non-hydrogen) atoms. The standard InChI is InChI=1S/C22H54O5Si4/c1-10-11-12-13-14-15-16-17-18-19-22-31(9,26-29(5,6)24-21-20-23)27-30(7,8)25-28(2,3)4/h23H,10-22H2,1-9H3. The van der Waals surface area contributed by atoms with Gasteiger partial charge < -0.3 is 21.9 Å². The first-order valence-electron chi connectivity index (χ1n) is 12.6. The number of rotatable bonds is 20. The molecule has 0 aliphatic carbocycles. The van der Waals surface area contributed by atoms with Crippen molar-refractivity contribution in [2.24, 2.45) is 0 Å². The first-order valence-corrected chi connectivity index (χ1v) is 24.2. The molecule has 0 bridgehead atoms. The number of hydrogen-bond donors (Lipinski definition) is 1. The Hall–Kier alpha value is 0.668. The van der Waals surface area contributed by atoms with E-state index in [1.54, 1.807) is 0 Å². The minimum atomic E-state index is -2.45. The van der Waals surface area contributed by atoms with Gasteiger partial charge >= 0.3 is 25.7 Å². The summed E-state index contributed by atoms with van der Waals surface area (Å²) in [6, 6.07) is 0.980. The molecule has 188 valence electrons. The van der Waals surface area contributed by atoms with Gasteiger partial charge in [0.2, 0.25) is 0 Å². The molecule has 0 radical (unpaired) electrons. The highest BCUT2D eigenvalue weighted by Crippen LogP contribution is 2.29. The van der Waals surface area contributed by atoms with Gasteiger partial charge in [0.25, 0.3) is 0 Å². The summed E-state index contributed by atoms with van der Waals surface area (Å²) >= 11 is 0. The SMILES string of the molecule is CCCCCCCCCCCC[Si](C)(O[Si](C)(C)OCCO)O[Si](C)(C)O[Si](C)(C)C. The highest BCUT2D eigenvalue weighted by Gasteiger charge is 2.45. The lowest BCUT2D eigenvalue weighted by atomic mass is 10.1. The van der Waals surface area contributed by atoms with Crippen LogP contribution in [0.1, 0.15) is 71.1 Å². The Kier molecular flexibility index (Phi) is 15.9. The van der Waals surface area contributed by atoms with Gasteiger partial charge in [0.05, 0.1) is 13.2 Å². The van der Waals surface area contributed by atoms with Crippen LogP contribution in [0.4, 0.5) is 0 Å². The van der Waals surface area contributed by atoms with Crippen LogP contribution in [0.2, 0.25) is 58.4 Å². The van der Waals surface area contributed by atoms with Crippen LogP contribution in [0.25, 0.3) is 0 Å². The second-order valence-electron chi connectivity index (χ2n) is 10.9. The summed E-state index contributed by atoms with van der Waals surface area (Å²) in [6.07, 6.45) is 13.3. The first-order chi connectivity index (χ1) is 14.2. The van der Waals surface area contributed by atoms with E-state index in [0.717, 1.165) is 12.5 Å². The summed E-state index contributed by atoms with van der Waals surface area (Å²) in [5, 5.41) is 9.16. The first kappa shape index (κ1) is 31.7. The van der Waals surface area contributed by atoms with Crippen LogP contribution >= 0.6 is 0 Å². The van der Waals surface area contributed by atoms with E-state index in [9.17, 15) is 0 Å². The van der Waals surface area contributed by atoms with Gasteiger partial charge in [0.15, 0.2) is 8.32 Å². The van der Waals surface area contributed by atoms with E-state index in [2.05, 4.69) is 59.3 Å². The molecule has 0 fully saturated rings. The maximum atomic E-state index is 9.16. The van der Waals surface area contributed by atoms with Gasteiger partial charge in [-0.05, 0) is 58.4 Å². The van der Waals surface area contributed by atoms with Gasteiger partial charge in [-0.15, -0.1) is 0 Å². The predicted molar refractivity (Wildman–Crippen MR) is 143 cm³/mol. The lowest BCUT2D eigenvalue weighted by Gasteiger charge is -2.41. The number of hydrogen-bond acceptors (Lipinski definition) is 5. The van der Waals surface area contributed by atoms with Gasteiger partial charge in [-0.2, -0.15) is 0 Å². The molecule has 0 amide bonds. The molecule has 0 saturated heterocycles. The Labute approximate surface area is 198 Å². The minimum Gasteiger partial charge on any atom is -0.437 e. The second kappa shape index (κ2) is 15.5. The highest BCUT2D eigenvalue weighted by molar-refractivity contribution is 6.88. The molecule has 0 rings (SSSR count). The van der Waals surface area contributed by atoms with Crippen molar-refractivity contribution in [1.82, 2.24) is 0 Å². The average molecular weight is 511 g/mol. The summed E-state index contributed by atoms with van der Waals surface area (Å²) in [4.78, 5) is 0. The Bertz CT molecular complexity index is 458. The third-order valence-electron chi connectivity index (χ3n) is 5.00. The van der Waals surface area contributed by atoms with Gasteiger partial charge in [0, 0.05) is 0 Å². The third-order valence-corrected chi connectivity index (χ3v) is 19.0. The lowest BCUT2D eigenvalue weighted by molar-refractivity contribution is 0.164. The average Bonchev–Trinajstić information content (AvgIpc) is 2.58. The Morgan fingerprint density at radius 3 is 1.48 bits per heavy atom. The molecule has 0 aromatic heterocycles. The molecule has 9 heteroatoms. The summed E-state index contributed by atoms with van der Waals surface area (Å²) in [5.41, 5.74) is 0. The molecule has 5 nitrogen and oxygen atoms in total. The molecule has 0 heterocycles. The minimum absolute atomic E-state index is 0.0241. The molecule has 0 aliphatic rings. The van der Waals surface area contributed by atoms with Gasteiger partial charge in [-0.25, -0.2) is 0 Å². The molecule has 0 saturated carbocycles. The molecular formula is C22H54O5Si4. The van der Waals surface area contributed by atoms with Crippen LogP contribution in [0.3, 0.4) is 0 Å². The van der Waals surface area contributed by atoms with Crippen molar-refractivity contribution >= 4 is 34.0 Å². The Balaban J connectivity index is 4.71. The zero-order valence-corrected chi connectivity index (χ0v) is 26.3. The van der Waals surface area contributed by atoms with E-state index in [1.165, 1.54) is 57.8 Å². The number of aliphatic hydroxyl groups is 1. The fourth-order valence-corrected chi connectivity index (χ4v) is 22.0. The van der Waals surface area contributed by atoms with E-state index in [0.29, 0.717) is 6.61 Å². The molecule has 0 spiro atoms. The summed E-state index contributed by atoms with van der Waals surface area (Å²) in [6.45, 7) is 19.9. The van der Waals surface area contributed by atoms with Gasteiger partial charge in [0.1, 0.15) is 0 Å². The van der Waals surface area contributed by atoms with Crippen molar-refractivity contribution in [2.75, 3.05) is 13.2 Å². The lowest BCUT2D eigenvalue weighted by Crippen LogP contribution is -2.58. The molecule has 0 aliphatic heterocycles. The predicted octanol–water partition coefficient (Wildman–Crippen LogP) is 7.28. The fraction of sp³-hybridized carbons (Fsp3) is 1.00. The molecule has 0 aromatic carbocycles. The van der Waals surface area contributed by atoms with Crippen molar-refractivity contribution in [3.63, 3.8) is 0 Å². The molecule has 1 atom stereocenters. The van der Waals surface area contributed by atoms with E-state index in [-0.39, 0.29) is 6.61 Å². The maximum Gasteiger partial charge on any atom is 0.323 e. The second-order valence-corrected chi connectivity index (χ2v) is 26.2. The van der Waals surface area contributed by atoms with Crippen LogP contribution in [-0.2, 0) is 16.8 Å². The van der Waals surface area contributed by atoms with E-state index >= 15 is 0 Å². The molecular weight excluding hydrogens is 457 g/mol. The number of unbranched alkanes of at least 4 members (excludes halogenated alkanes) is 9. The summed E-state index contributed by atoms with van der Waals surface area (Å²) in [5.74, 6) is 0. The fourth-order valence-electron chi connectivity index (χ4n) is 4.18. The zero-order valence-electron chi connectivity index (χ0n) is 22.3. The third kappa shape index (κ3) is 18.7. The van der Waals surface area contributed by atoms with Crippen molar-refractivity contribution in [2.45, 2.75) is 130 Å².